The van der Waals surface area contributed by atoms with Crippen molar-refractivity contribution in [3.8, 4) is 5.75 Å². The number of nitrogens with two attached hydrogens (primary N) is 1. The Morgan fingerprint density at radius 3 is 2.52 bits per heavy atom. The summed E-state index contributed by atoms with van der Waals surface area (Å²) in [5.41, 5.74) is 5.97. The molecule has 130 valence electrons. The molecule has 0 saturated carbocycles. The van der Waals surface area contributed by atoms with Crippen molar-refractivity contribution in [1.29, 1.82) is 0 Å². The summed E-state index contributed by atoms with van der Waals surface area (Å²) in [5, 5.41) is 2.60. The molecule has 9 heteroatoms. The predicted molar refractivity (Wildman–Crippen MR) is 90.9 cm³/mol. The molecule has 8 nitrogen and oxygen atoms in total. The molecule has 0 fully saturated rings. The maximum Gasteiger partial charge on any atom is 0.265 e. The highest BCUT2D eigenvalue weighted by Crippen LogP contribution is 2.32. The largest absolute Gasteiger partial charge is 0.479 e. The van der Waals surface area contributed by atoms with Gasteiger partial charge in [0.25, 0.3) is 15.9 Å². The van der Waals surface area contributed by atoms with Crippen molar-refractivity contribution < 1.29 is 22.7 Å². The van der Waals surface area contributed by atoms with Gasteiger partial charge in [-0.2, -0.15) is 0 Å². The lowest BCUT2D eigenvalue weighted by Crippen LogP contribution is -2.34. The van der Waals surface area contributed by atoms with Crippen LogP contribution in [0.25, 0.3) is 0 Å². The number of fused-ring (bicyclic) bond motifs is 1. The first kappa shape index (κ1) is 16.8. The van der Waals surface area contributed by atoms with E-state index in [0.717, 1.165) is 0 Å². The molecule has 4 N–H and O–H groups in total. The van der Waals surface area contributed by atoms with Gasteiger partial charge >= 0.3 is 0 Å². The second-order valence-corrected chi connectivity index (χ2v) is 7.14. The maximum atomic E-state index is 12.5. The SMILES string of the molecule is CC1Oc2ccc(S(=O)(=O)Nc3ccc(C(N)=O)cc3)cc2NC1=O. The van der Waals surface area contributed by atoms with Crippen molar-refractivity contribution >= 4 is 33.2 Å². The van der Waals surface area contributed by atoms with E-state index in [-0.39, 0.29) is 27.7 Å². The van der Waals surface area contributed by atoms with Crippen molar-refractivity contribution in [3.05, 3.63) is 48.0 Å². The first-order chi connectivity index (χ1) is 11.8. The van der Waals surface area contributed by atoms with Gasteiger partial charge in [-0.1, -0.05) is 0 Å². The standard InChI is InChI=1S/C16H15N3O5S/c1-9-16(21)18-13-8-12(6-7-14(13)24-9)25(22,23)19-11-4-2-10(3-5-11)15(17)20/h2-9,19H,1H3,(H2,17,20)(H,18,21). The monoisotopic (exact) mass is 361 g/mol. The van der Waals surface area contributed by atoms with Crippen molar-refractivity contribution in [2.45, 2.75) is 17.9 Å². The van der Waals surface area contributed by atoms with E-state index in [9.17, 15) is 18.0 Å². The van der Waals surface area contributed by atoms with Gasteiger partial charge in [-0.3, -0.25) is 14.3 Å². The smallest absolute Gasteiger partial charge is 0.265 e. The van der Waals surface area contributed by atoms with Crippen LogP contribution in [0.15, 0.2) is 47.4 Å². The van der Waals surface area contributed by atoms with Crippen molar-refractivity contribution in [2.75, 3.05) is 10.0 Å². The summed E-state index contributed by atoms with van der Waals surface area (Å²) >= 11 is 0. The molecule has 1 atom stereocenters. The van der Waals surface area contributed by atoms with Crippen LogP contribution in [0.1, 0.15) is 17.3 Å². The van der Waals surface area contributed by atoms with E-state index in [1.54, 1.807) is 6.92 Å². The van der Waals surface area contributed by atoms with E-state index in [0.29, 0.717) is 5.75 Å². The highest BCUT2D eigenvalue weighted by atomic mass is 32.2. The highest BCUT2D eigenvalue weighted by Gasteiger charge is 2.25. The molecule has 1 aliphatic heterocycles. The number of ether oxygens (including phenoxy) is 1. The van der Waals surface area contributed by atoms with Gasteiger partial charge in [0.1, 0.15) is 5.75 Å². The number of sulfonamides is 1. The van der Waals surface area contributed by atoms with Gasteiger partial charge in [0.15, 0.2) is 6.10 Å². The number of nitrogens with one attached hydrogen (secondary N) is 2. The molecule has 1 aliphatic rings. The van der Waals surface area contributed by atoms with E-state index in [1.807, 2.05) is 0 Å². The van der Waals surface area contributed by atoms with E-state index >= 15 is 0 Å². The van der Waals surface area contributed by atoms with Gasteiger partial charge in [0.05, 0.1) is 10.6 Å². The normalized spacial score (nSPS) is 16.4. The van der Waals surface area contributed by atoms with Crippen LogP contribution in [0.5, 0.6) is 5.75 Å². The molecule has 1 unspecified atom stereocenters. The van der Waals surface area contributed by atoms with Crippen LogP contribution in [-0.2, 0) is 14.8 Å². The molecule has 2 aromatic rings. The zero-order valence-corrected chi connectivity index (χ0v) is 14.0. The molecule has 0 aromatic heterocycles. The van der Waals surface area contributed by atoms with E-state index in [1.165, 1.54) is 42.5 Å². The number of anilines is 2. The van der Waals surface area contributed by atoms with Gasteiger partial charge < -0.3 is 15.8 Å². The lowest BCUT2D eigenvalue weighted by atomic mass is 10.2. The lowest BCUT2D eigenvalue weighted by Gasteiger charge is -2.23. The Morgan fingerprint density at radius 2 is 1.88 bits per heavy atom. The Labute approximate surface area is 144 Å². The summed E-state index contributed by atoms with van der Waals surface area (Å²) in [6.45, 7) is 1.60. The molecule has 2 amide bonds. The topological polar surface area (TPSA) is 128 Å². The van der Waals surface area contributed by atoms with Gasteiger partial charge in [-0.05, 0) is 49.4 Å². The Hall–Kier alpha value is -3.07. The minimum atomic E-state index is -3.88. The molecule has 0 radical (unpaired) electrons. The Bertz CT molecular complexity index is 954. The zero-order chi connectivity index (χ0) is 18.2. The lowest BCUT2D eigenvalue weighted by molar-refractivity contribution is -0.122. The van der Waals surface area contributed by atoms with E-state index < -0.39 is 22.0 Å². The summed E-state index contributed by atoms with van der Waals surface area (Å²) in [4.78, 5) is 22.7. The molecule has 0 spiro atoms. The summed E-state index contributed by atoms with van der Waals surface area (Å²) in [7, 11) is -3.88. The van der Waals surface area contributed by atoms with Gasteiger partial charge in [-0.25, -0.2) is 8.42 Å². The van der Waals surface area contributed by atoms with Gasteiger partial charge in [0, 0.05) is 11.3 Å². The quantitative estimate of drug-likeness (QED) is 0.756. The fourth-order valence-electron chi connectivity index (χ4n) is 2.27. The van der Waals surface area contributed by atoms with Crippen LogP contribution in [0, 0.1) is 0 Å². The number of carbonyl (C=O) groups excluding carboxylic acids is 2. The molecule has 0 bridgehead atoms. The Morgan fingerprint density at radius 1 is 1.20 bits per heavy atom. The number of hydrogen-bond donors (Lipinski definition) is 3. The molecule has 1 heterocycles. The molecule has 0 aliphatic carbocycles. The average molecular weight is 361 g/mol. The Balaban J connectivity index is 1.86. The highest BCUT2D eigenvalue weighted by molar-refractivity contribution is 7.92. The average Bonchev–Trinajstić information content (AvgIpc) is 2.55. The third-order valence-corrected chi connectivity index (χ3v) is 4.99. The molecule has 0 saturated heterocycles. The number of hydrogen-bond acceptors (Lipinski definition) is 5. The van der Waals surface area contributed by atoms with Gasteiger partial charge in [-0.15, -0.1) is 0 Å². The molecular formula is C16H15N3O5S. The predicted octanol–water partition coefficient (Wildman–Crippen LogP) is 1.31. The second kappa shape index (κ2) is 6.10. The zero-order valence-electron chi connectivity index (χ0n) is 13.1. The van der Waals surface area contributed by atoms with Gasteiger partial charge in [0.2, 0.25) is 5.91 Å². The summed E-state index contributed by atoms with van der Waals surface area (Å²) in [6.07, 6.45) is -0.642. The van der Waals surface area contributed by atoms with Crippen LogP contribution < -0.4 is 20.5 Å². The summed E-state index contributed by atoms with van der Waals surface area (Å²) in [6, 6.07) is 9.88. The molecule has 2 aromatic carbocycles. The summed E-state index contributed by atoms with van der Waals surface area (Å²) in [5.74, 6) is -0.553. The molecule has 3 rings (SSSR count). The first-order valence-electron chi connectivity index (χ1n) is 7.30. The number of rotatable bonds is 4. The fourth-order valence-corrected chi connectivity index (χ4v) is 3.36. The Kier molecular flexibility index (Phi) is 4.09. The maximum absolute atomic E-state index is 12.5. The van der Waals surface area contributed by atoms with E-state index in [2.05, 4.69) is 10.0 Å². The number of carbonyl (C=O) groups is 2. The fraction of sp³-hybridized carbons (Fsp3) is 0.125. The van der Waals surface area contributed by atoms with Crippen LogP contribution >= 0.6 is 0 Å². The van der Waals surface area contributed by atoms with Crippen molar-refractivity contribution in [1.82, 2.24) is 0 Å². The van der Waals surface area contributed by atoms with Crippen LogP contribution in [0.2, 0.25) is 0 Å². The summed E-state index contributed by atoms with van der Waals surface area (Å²) < 4.78 is 32.8. The minimum Gasteiger partial charge on any atom is -0.479 e. The number of amides is 2. The van der Waals surface area contributed by atoms with Crippen molar-refractivity contribution in [3.63, 3.8) is 0 Å². The molecule has 25 heavy (non-hydrogen) atoms. The minimum absolute atomic E-state index is 0.0383. The van der Waals surface area contributed by atoms with E-state index in [4.69, 9.17) is 10.5 Å². The van der Waals surface area contributed by atoms with Crippen LogP contribution in [-0.4, -0.2) is 26.3 Å². The number of benzene rings is 2. The molecular weight excluding hydrogens is 346 g/mol. The third-order valence-electron chi connectivity index (χ3n) is 3.61. The number of primary amides is 1. The van der Waals surface area contributed by atoms with Crippen LogP contribution in [0.4, 0.5) is 11.4 Å². The second-order valence-electron chi connectivity index (χ2n) is 5.45. The third kappa shape index (κ3) is 3.41. The van der Waals surface area contributed by atoms with Crippen LogP contribution in [0.3, 0.4) is 0 Å². The first-order valence-corrected chi connectivity index (χ1v) is 8.79. The van der Waals surface area contributed by atoms with Crippen molar-refractivity contribution in [2.24, 2.45) is 5.73 Å².